The van der Waals surface area contributed by atoms with E-state index in [1.165, 1.54) is 14.0 Å². The van der Waals surface area contributed by atoms with Crippen molar-refractivity contribution >= 4 is 40.7 Å². The van der Waals surface area contributed by atoms with Crippen LogP contribution in [-0.2, 0) is 11.2 Å². The summed E-state index contributed by atoms with van der Waals surface area (Å²) in [6.07, 6.45) is 5.45. The zero-order valence-corrected chi connectivity index (χ0v) is 19.8. The number of aromatic nitrogens is 3. The quantitative estimate of drug-likeness (QED) is 0.312. The minimum absolute atomic E-state index is 0.108. The van der Waals surface area contributed by atoms with Gasteiger partial charge in [-0.1, -0.05) is 42.5 Å². The van der Waals surface area contributed by atoms with Gasteiger partial charge in [0.1, 0.15) is 17.5 Å². The van der Waals surface area contributed by atoms with Crippen LogP contribution in [0.15, 0.2) is 60.8 Å². The van der Waals surface area contributed by atoms with Gasteiger partial charge in [-0.25, -0.2) is 0 Å². The van der Waals surface area contributed by atoms with Crippen LogP contribution in [0.25, 0.3) is 23.1 Å². The van der Waals surface area contributed by atoms with Crippen molar-refractivity contribution in [1.82, 2.24) is 20.5 Å². The molecule has 0 spiro atoms. The van der Waals surface area contributed by atoms with E-state index in [1.54, 1.807) is 42.6 Å². The number of ether oxygens (including phenoxy) is 1. The third kappa shape index (κ3) is 5.30. The molecule has 1 atom stereocenters. The first-order chi connectivity index (χ1) is 17.4. The number of pyridine rings is 1. The molecular formula is C27H25N5O4. The number of carbonyl (C=O) groups is 3. The van der Waals surface area contributed by atoms with E-state index in [-0.39, 0.29) is 17.8 Å². The van der Waals surface area contributed by atoms with E-state index >= 15 is 0 Å². The normalized spacial score (nSPS) is 11.9. The maximum absolute atomic E-state index is 13.2. The number of nitrogens with two attached hydrogens (primary N) is 1. The van der Waals surface area contributed by atoms with Gasteiger partial charge in [0.05, 0.1) is 29.3 Å². The number of nitrogens with one attached hydrogen (secondary N) is 2. The Labute approximate surface area is 207 Å². The summed E-state index contributed by atoms with van der Waals surface area (Å²) in [5, 5.41) is 10.6. The third-order valence-corrected chi connectivity index (χ3v) is 5.67. The van der Waals surface area contributed by atoms with E-state index in [4.69, 9.17) is 10.5 Å². The highest BCUT2D eigenvalue weighted by Gasteiger charge is 2.24. The second kappa shape index (κ2) is 10.6. The summed E-state index contributed by atoms with van der Waals surface area (Å²) in [6, 6.07) is 15.1. The van der Waals surface area contributed by atoms with Crippen LogP contribution in [0.1, 0.15) is 44.6 Å². The number of primary amides is 1. The topological polar surface area (TPSA) is 140 Å². The number of Topliss-reactive ketones (excluding diaryl/α,β-unsaturated/α-hetero) is 1. The Balaban J connectivity index is 1.62. The van der Waals surface area contributed by atoms with E-state index < -0.39 is 17.9 Å². The van der Waals surface area contributed by atoms with Gasteiger partial charge in [-0.15, -0.1) is 0 Å². The Bertz CT molecular complexity index is 1440. The molecule has 0 saturated carbocycles. The van der Waals surface area contributed by atoms with E-state index in [9.17, 15) is 14.4 Å². The molecule has 2 aromatic carbocycles. The first-order valence-corrected chi connectivity index (χ1v) is 11.2. The summed E-state index contributed by atoms with van der Waals surface area (Å²) in [5.74, 6) is -0.924. The number of nitrogens with zero attached hydrogens (tertiary/aromatic N) is 2. The van der Waals surface area contributed by atoms with E-state index in [1.807, 2.05) is 30.3 Å². The highest BCUT2D eigenvalue weighted by molar-refractivity contribution is 6.06. The fourth-order valence-electron chi connectivity index (χ4n) is 3.81. The lowest BCUT2D eigenvalue weighted by atomic mass is 10.0. The summed E-state index contributed by atoms with van der Waals surface area (Å²) in [7, 11) is 1.46. The molecule has 0 fully saturated rings. The maximum Gasteiger partial charge on any atom is 0.255 e. The van der Waals surface area contributed by atoms with Crippen LogP contribution in [0.3, 0.4) is 0 Å². The molecule has 182 valence electrons. The number of hydrogen-bond donors (Lipinski definition) is 3. The molecule has 0 bridgehead atoms. The lowest BCUT2D eigenvalue weighted by molar-refractivity contribution is -0.119. The third-order valence-electron chi connectivity index (χ3n) is 5.67. The number of rotatable bonds is 9. The van der Waals surface area contributed by atoms with Crippen molar-refractivity contribution in [2.24, 2.45) is 5.73 Å². The highest BCUT2D eigenvalue weighted by atomic mass is 16.5. The monoisotopic (exact) mass is 483 g/mol. The van der Waals surface area contributed by atoms with Crippen LogP contribution >= 0.6 is 0 Å². The maximum atomic E-state index is 13.2. The van der Waals surface area contributed by atoms with Crippen molar-refractivity contribution in [2.75, 3.05) is 7.11 Å². The average molecular weight is 484 g/mol. The zero-order valence-electron chi connectivity index (χ0n) is 19.8. The number of amides is 2. The average Bonchev–Trinajstić information content (AvgIpc) is 3.30. The molecule has 9 heteroatoms. The van der Waals surface area contributed by atoms with Crippen LogP contribution in [0.4, 0.5) is 0 Å². The predicted molar refractivity (Wildman–Crippen MR) is 136 cm³/mol. The summed E-state index contributed by atoms with van der Waals surface area (Å²) >= 11 is 0. The Morgan fingerprint density at radius 2 is 1.86 bits per heavy atom. The smallest absolute Gasteiger partial charge is 0.255 e. The number of hydrogen-bond acceptors (Lipinski definition) is 6. The van der Waals surface area contributed by atoms with Crippen molar-refractivity contribution in [3.05, 3.63) is 88.9 Å². The van der Waals surface area contributed by atoms with Crippen LogP contribution in [-0.4, -0.2) is 45.9 Å². The van der Waals surface area contributed by atoms with Gasteiger partial charge in [0.2, 0.25) is 5.91 Å². The molecule has 36 heavy (non-hydrogen) atoms. The first kappa shape index (κ1) is 24.3. The molecular weight excluding hydrogens is 458 g/mol. The van der Waals surface area contributed by atoms with Gasteiger partial charge < -0.3 is 15.8 Å². The van der Waals surface area contributed by atoms with E-state index in [0.29, 0.717) is 28.0 Å². The van der Waals surface area contributed by atoms with Gasteiger partial charge in [-0.05, 0) is 35.4 Å². The predicted octanol–water partition coefficient (Wildman–Crippen LogP) is 3.17. The van der Waals surface area contributed by atoms with Crippen LogP contribution in [0.5, 0.6) is 5.75 Å². The summed E-state index contributed by atoms with van der Waals surface area (Å²) in [5.41, 5.74) is 9.06. The Morgan fingerprint density at radius 1 is 1.08 bits per heavy atom. The Morgan fingerprint density at radius 3 is 2.50 bits per heavy atom. The van der Waals surface area contributed by atoms with Gasteiger partial charge in [0.15, 0.2) is 5.78 Å². The van der Waals surface area contributed by atoms with E-state index in [2.05, 4.69) is 20.5 Å². The molecule has 1 unspecified atom stereocenters. The number of fused-ring (bicyclic) bond motifs is 1. The van der Waals surface area contributed by atoms with Gasteiger partial charge in [-0.2, -0.15) is 5.10 Å². The summed E-state index contributed by atoms with van der Waals surface area (Å²) < 4.78 is 5.61. The molecule has 9 nitrogen and oxygen atoms in total. The van der Waals surface area contributed by atoms with Gasteiger partial charge in [-0.3, -0.25) is 24.5 Å². The van der Waals surface area contributed by atoms with Crippen molar-refractivity contribution in [3.63, 3.8) is 0 Å². The minimum Gasteiger partial charge on any atom is -0.495 e. The van der Waals surface area contributed by atoms with Crippen molar-refractivity contribution in [3.8, 4) is 5.75 Å². The molecule has 2 aromatic heterocycles. The lowest BCUT2D eigenvalue weighted by Crippen LogP contribution is -2.45. The van der Waals surface area contributed by atoms with Gasteiger partial charge in [0, 0.05) is 19.5 Å². The molecule has 4 rings (SSSR count). The molecule has 2 heterocycles. The molecule has 2 amide bonds. The zero-order chi connectivity index (χ0) is 25.7. The molecule has 4 aromatic rings. The second-order valence-corrected chi connectivity index (χ2v) is 8.16. The highest BCUT2D eigenvalue weighted by Crippen LogP contribution is 2.32. The lowest BCUT2D eigenvalue weighted by Gasteiger charge is -2.17. The van der Waals surface area contributed by atoms with Crippen LogP contribution in [0.2, 0.25) is 0 Å². The molecule has 0 radical (unpaired) electrons. The fourth-order valence-corrected chi connectivity index (χ4v) is 3.81. The molecule has 4 N–H and O–H groups in total. The summed E-state index contributed by atoms with van der Waals surface area (Å²) in [6.45, 7) is 1.46. The molecule has 0 aliphatic rings. The van der Waals surface area contributed by atoms with Crippen molar-refractivity contribution < 1.29 is 19.1 Å². The summed E-state index contributed by atoms with van der Waals surface area (Å²) in [4.78, 5) is 40.8. The van der Waals surface area contributed by atoms with Crippen molar-refractivity contribution in [2.45, 2.75) is 19.4 Å². The van der Waals surface area contributed by atoms with Crippen LogP contribution < -0.4 is 15.8 Å². The Hall–Kier alpha value is -4.79. The second-order valence-electron chi connectivity index (χ2n) is 8.16. The number of H-pyrrole nitrogens is 1. The number of aromatic amines is 1. The van der Waals surface area contributed by atoms with Gasteiger partial charge >= 0.3 is 0 Å². The first-order valence-electron chi connectivity index (χ1n) is 11.2. The molecule has 0 saturated heterocycles. The Kier molecular flexibility index (Phi) is 7.20. The molecule has 0 aliphatic heterocycles. The SMILES string of the molecule is COc1c(C(=O)NC(Cc2ccccc2)C(N)=O)ccc2n[nH]c(/C=C/c3ccc(C(C)=O)nc3)c12. The van der Waals surface area contributed by atoms with Crippen LogP contribution in [0, 0.1) is 0 Å². The molecule has 0 aliphatic carbocycles. The number of ketones is 1. The largest absolute Gasteiger partial charge is 0.495 e. The number of methoxy groups -OCH3 is 1. The number of benzene rings is 2. The number of carbonyl (C=O) groups excluding carboxylic acids is 3. The standard InChI is InChI=1S/C27H25N5O4/c1-16(33)20-11-8-18(15-29-20)9-12-21-24-22(32-31-21)13-10-19(25(24)36-2)27(35)30-23(26(28)34)14-17-6-4-3-5-7-17/h3-13,15,23H,14H2,1-2H3,(H2,28,34)(H,30,35)(H,31,32)/b12-9+. The minimum atomic E-state index is -0.894. The van der Waals surface area contributed by atoms with E-state index in [0.717, 1.165) is 11.1 Å². The van der Waals surface area contributed by atoms with Gasteiger partial charge in [0.25, 0.3) is 5.91 Å². The fraction of sp³-hybridized carbons (Fsp3) is 0.148. The van der Waals surface area contributed by atoms with Crippen molar-refractivity contribution in [1.29, 1.82) is 0 Å².